The third kappa shape index (κ3) is 6.81. The molecule has 7 nitrogen and oxygen atoms in total. The van der Waals surface area contributed by atoms with Crippen LogP contribution < -0.4 is 21.3 Å². The highest BCUT2D eigenvalue weighted by Gasteiger charge is 2.26. The minimum Gasteiger partial charge on any atom is -0.354 e. The summed E-state index contributed by atoms with van der Waals surface area (Å²) in [5.74, 6) is -0.653. The van der Waals surface area contributed by atoms with Crippen LogP contribution in [0.1, 0.15) is 39.9 Å². The zero-order valence-electron chi connectivity index (χ0n) is 23.1. The molecular formula is C34H36N4O3. The van der Waals surface area contributed by atoms with Crippen molar-refractivity contribution < 1.29 is 14.4 Å². The third-order valence-electron chi connectivity index (χ3n) is 7.59. The first-order valence-corrected chi connectivity index (χ1v) is 14.3. The van der Waals surface area contributed by atoms with E-state index in [4.69, 9.17) is 5.73 Å². The number of rotatable bonds is 10. The van der Waals surface area contributed by atoms with E-state index in [1.165, 1.54) is 0 Å². The predicted molar refractivity (Wildman–Crippen MR) is 163 cm³/mol. The number of nitrogens with zero attached hydrogens (tertiary/aromatic N) is 1. The maximum Gasteiger partial charge on any atom is 0.258 e. The minimum atomic E-state index is -0.752. The molecule has 0 saturated heterocycles. The quantitative estimate of drug-likeness (QED) is 0.259. The lowest BCUT2D eigenvalue weighted by Gasteiger charge is -2.28. The molecule has 0 radical (unpaired) electrons. The lowest BCUT2D eigenvalue weighted by molar-refractivity contribution is -0.128. The van der Waals surface area contributed by atoms with Gasteiger partial charge in [0.2, 0.25) is 11.8 Å². The van der Waals surface area contributed by atoms with Gasteiger partial charge in [-0.25, -0.2) is 0 Å². The molecule has 4 aromatic rings. The molecule has 41 heavy (non-hydrogen) atoms. The number of benzene rings is 4. The molecule has 0 aliphatic carbocycles. The highest BCUT2D eigenvalue weighted by molar-refractivity contribution is 6.08. The first-order valence-electron chi connectivity index (χ1n) is 14.3. The van der Waals surface area contributed by atoms with E-state index in [2.05, 4.69) is 16.7 Å². The average molecular weight is 549 g/mol. The van der Waals surface area contributed by atoms with Crippen LogP contribution in [0.4, 0.5) is 5.69 Å². The van der Waals surface area contributed by atoms with Crippen molar-refractivity contribution >= 4 is 34.2 Å². The molecule has 5 rings (SSSR count). The highest BCUT2D eigenvalue weighted by atomic mass is 16.2. The fourth-order valence-corrected chi connectivity index (χ4v) is 5.41. The van der Waals surface area contributed by atoms with E-state index < -0.39 is 6.04 Å². The van der Waals surface area contributed by atoms with Crippen molar-refractivity contribution in [2.75, 3.05) is 24.5 Å². The van der Waals surface area contributed by atoms with Gasteiger partial charge in [-0.15, -0.1) is 0 Å². The van der Waals surface area contributed by atoms with Crippen LogP contribution in [0.15, 0.2) is 91.0 Å². The molecule has 1 heterocycles. The molecule has 3 amide bonds. The zero-order chi connectivity index (χ0) is 28.6. The zero-order valence-corrected chi connectivity index (χ0v) is 23.1. The Kier molecular flexibility index (Phi) is 9.06. The van der Waals surface area contributed by atoms with Crippen molar-refractivity contribution in [3.05, 3.63) is 113 Å². The largest absolute Gasteiger partial charge is 0.354 e. The van der Waals surface area contributed by atoms with E-state index >= 15 is 0 Å². The standard InChI is InChI=1S/C34H36N4O3/c35-19-7-20-36-33(40)30(23-24-14-15-25-8-1-2-11-28(25)22-24)37-32(39)18-21-38-31-13-6-4-10-27(31)17-16-26-9-3-5-12-29(26)34(38)41/h1-6,8-15,22,30H,7,16-21,23,35H2,(H,36,40)(H,37,39). The number of aryl methyl sites for hydroxylation is 2. The summed E-state index contributed by atoms with van der Waals surface area (Å²) in [5, 5.41) is 8.04. The van der Waals surface area contributed by atoms with Crippen LogP contribution in [-0.4, -0.2) is 43.4 Å². The maximum atomic E-state index is 13.7. The Hall–Kier alpha value is -4.49. The first-order chi connectivity index (χ1) is 20.0. The Morgan fingerprint density at radius 2 is 1.56 bits per heavy atom. The van der Waals surface area contributed by atoms with E-state index in [9.17, 15) is 14.4 Å². The van der Waals surface area contributed by atoms with Gasteiger partial charge >= 0.3 is 0 Å². The minimum absolute atomic E-state index is 0.0620. The van der Waals surface area contributed by atoms with E-state index in [0.717, 1.165) is 46.0 Å². The normalized spacial score (nSPS) is 13.5. The summed E-state index contributed by atoms with van der Waals surface area (Å²) in [5.41, 5.74) is 10.1. The van der Waals surface area contributed by atoms with Gasteiger partial charge in [0.1, 0.15) is 6.04 Å². The Morgan fingerprint density at radius 1 is 0.854 bits per heavy atom. The second kappa shape index (κ2) is 13.2. The van der Waals surface area contributed by atoms with Gasteiger partial charge in [0.25, 0.3) is 5.91 Å². The summed E-state index contributed by atoms with van der Waals surface area (Å²) in [6.07, 6.45) is 2.65. The van der Waals surface area contributed by atoms with Crippen molar-refractivity contribution in [1.29, 1.82) is 0 Å². The Balaban J connectivity index is 1.32. The van der Waals surface area contributed by atoms with Crippen LogP contribution >= 0.6 is 0 Å². The Labute approximate surface area is 240 Å². The molecule has 1 aliphatic rings. The molecule has 0 spiro atoms. The first kappa shape index (κ1) is 28.1. The van der Waals surface area contributed by atoms with Crippen molar-refractivity contribution in [2.24, 2.45) is 5.73 Å². The molecule has 4 N–H and O–H groups in total. The molecule has 0 aromatic heterocycles. The van der Waals surface area contributed by atoms with Crippen molar-refractivity contribution in [1.82, 2.24) is 10.6 Å². The summed E-state index contributed by atoms with van der Waals surface area (Å²) < 4.78 is 0. The molecule has 0 saturated carbocycles. The Morgan fingerprint density at radius 3 is 2.39 bits per heavy atom. The Bertz CT molecular complexity index is 1550. The van der Waals surface area contributed by atoms with Crippen molar-refractivity contribution in [2.45, 2.75) is 38.1 Å². The van der Waals surface area contributed by atoms with Gasteiger partial charge in [0, 0.05) is 37.2 Å². The summed E-state index contributed by atoms with van der Waals surface area (Å²) in [4.78, 5) is 41.8. The van der Waals surface area contributed by atoms with Crippen molar-refractivity contribution in [3.63, 3.8) is 0 Å². The fourth-order valence-electron chi connectivity index (χ4n) is 5.41. The number of para-hydroxylation sites is 1. The molecule has 0 bridgehead atoms. The van der Waals surface area contributed by atoms with Gasteiger partial charge in [-0.3, -0.25) is 14.4 Å². The number of carbonyl (C=O) groups is 3. The van der Waals surface area contributed by atoms with Crippen LogP contribution in [0.2, 0.25) is 0 Å². The number of fused-ring (bicyclic) bond motifs is 3. The van der Waals surface area contributed by atoms with Crippen LogP contribution in [-0.2, 0) is 28.9 Å². The topological polar surface area (TPSA) is 105 Å². The average Bonchev–Trinajstić information content (AvgIpc) is 2.99. The summed E-state index contributed by atoms with van der Waals surface area (Å²) in [6.45, 7) is 1.11. The van der Waals surface area contributed by atoms with Gasteiger partial charge in [0.15, 0.2) is 0 Å². The number of nitrogens with two attached hydrogens (primary N) is 1. The fraction of sp³-hybridized carbons (Fsp3) is 0.265. The lowest BCUT2D eigenvalue weighted by Crippen LogP contribution is -2.49. The highest BCUT2D eigenvalue weighted by Crippen LogP contribution is 2.28. The molecule has 210 valence electrons. The second-order valence-corrected chi connectivity index (χ2v) is 10.4. The van der Waals surface area contributed by atoms with Gasteiger partial charge in [-0.1, -0.05) is 78.9 Å². The summed E-state index contributed by atoms with van der Waals surface area (Å²) in [7, 11) is 0. The summed E-state index contributed by atoms with van der Waals surface area (Å²) >= 11 is 0. The van der Waals surface area contributed by atoms with Crippen LogP contribution in [0, 0.1) is 0 Å². The van der Waals surface area contributed by atoms with E-state index in [0.29, 0.717) is 31.5 Å². The number of hydrogen-bond donors (Lipinski definition) is 3. The van der Waals surface area contributed by atoms with Gasteiger partial charge in [0.05, 0.1) is 0 Å². The molecular weight excluding hydrogens is 512 g/mol. The van der Waals surface area contributed by atoms with Gasteiger partial charge < -0.3 is 21.3 Å². The molecule has 7 heteroatoms. The monoisotopic (exact) mass is 548 g/mol. The van der Waals surface area contributed by atoms with Crippen LogP contribution in [0.3, 0.4) is 0 Å². The molecule has 4 aromatic carbocycles. The maximum absolute atomic E-state index is 13.7. The lowest BCUT2D eigenvalue weighted by atomic mass is 9.95. The number of amides is 3. The number of nitrogens with one attached hydrogen (secondary N) is 2. The van der Waals surface area contributed by atoms with Crippen molar-refractivity contribution in [3.8, 4) is 0 Å². The predicted octanol–water partition coefficient (Wildman–Crippen LogP) is 4.17. The smallest absolute Gasteiger partial charge is 0.258 e. The molecule has 1 aliphatic heterocycles. The SMILES string of the molecule is NCCCNC(=O)C(Cc1ccc2ccccc2c1)NC(=O)CCN1C(=O)c2ccccc2CCc2ccccc21. The van der Waals surface area contributed by atoms with E-state index in [1.54, 1.807) is 4.90 Å². The molecule has 1 atom stereocenters. The molecule has 1 unspecified atom stereocenters. The van der Waals surface area contributed by atoms with Gasteiger partial charge in [-0.05, 0) is 65.4 Å². The van der Waals surface area contributed by atoms with Gasteiger partial charge in [-0.2, -0.15) is 0 Å². The number of anilines is 1. The number of carbonyl (C=O) groups excluding carboxylic acids is 3. The number of hydrogen-bond acceptors (Lipinski definition) is 4. The summed E-state index contributed by atoms with van der Waals surface area (Å²) in [6, 6.07) is 28.9. The van der Waals surface area contributed by atoms with Crippen LogP contribution in [0.25, 0.3) is 10.8 Å². The molecule has 0 fully saturated rings. The second-order valence-electron chi connectivity index (χ2n) is 10.4. The third-order valence-corrected chi connectivity index (χ3v) is 7.59. The van der Waals surface area contributed by atoms with Crippen LogP contribution in [0.5, 0.6) is 0 Å². The van der Waals surface area contributed by atoms with E-state index in [1.807, 2.05) is 84.9 Å². The van der Waals surface area contributed by atoms with E-state index in [-0.39, 0.29) is 30.7 Å².